The Kier molecular flexibility index (Phi) is 7.09. The summed E-state index contributed by atoms with van der Waals surface area (Å²) in [5, 5.41) is 31.9. The summed E-state index contributed by atoms with van der Waals surface area (Å²) in [4.78, 5) is 15.8. The van der Waals surface area contributed by atoms with Crippen LogP contribution in [0.4, 0.5) is 24.5 Å². The van der Waals surface area contributed by atoms with Gasteiger partial charge in [0.05, 0.1) is 35.7 Å². The molecule has 2 aromatic carbocycles. The molecule has 0 radical (unpaired) electrons. The van der Waals surface area contributed by atoms with Crippen molar-refractivity contribution in [3.8, 4) is 0 Å². The van der Waals surface area contributed by atoms with Crippen molar-refractivity contribution in [2.75, 3.05) is 31.6 Å². The van der Waals surface area contributed by atoms with Crippen LogP contribution in [0.2, 0.25) is 5.02 Å². The number of benzene rings is 2. The van der Waals surface area contributed by atoms with Gasteiger partial charge in [0, 0.05) is 35.3 Å². The number of halogens is 4. The number of aliphatic hydroxyl groups is 2. The smallest absolute Gasteiger partial charge is 0.447 e. The van der Waals surface area contributed by atoms with Crippen LogP contribution >= 0.6 is 11.6 Å². The molecule has 1 aromatic heterocycles. The molecule has 0 unspecified atom stereocenters. The van der Waals surface area contributed by atoms with Crippen LogP contribution in [0.1, 0.15) is 15.9 Å². The summed E-state index contributed by atoms with van der Waals surface area (Å²) in [6, 6.07) is 6.38. The van der Waals surface area contributed by atoms with Crippen LogP contribution < -0.4 is 5.32 Å². The number of pyridine rings is 1. The van der Waals surface area contributed by atoms with Crippen LogP contribution in [0.3, 0.4) is 0 Å². The third-order valence-corrected chi connectivity index (χ3v) is 7.84. The molecule has 37 heavy (non-hydrogen) atoms. The van der Waals surface area contributed by atoms with Crippen molar-refractivity contribution in [3.63, 3.8) is 0 Å². The maximum atomic E-state index is 13.5. The van der Waals surface area contributed by atoms with Gasteiger partial charge in [-0.15, -0.1) is 0 Å². The predicted octanol–water partition coefficient (Wildman–Crippen LogP) is 3.05. The van der Waals surface area contributed by atoms with E-state index in [0.717, 1.165) is 16.6 Å². The SMILES string of the molecule is O=C(O)c1cc(C(O)(O)C(F)(F)F)ccc1Nc1c(S(=O)(=O)N2CCOCC2)cnc2ccc(Cl)cc12. The van der Waals surface area contributed by atoms with E-state index in [9.17, 15) is 41.7 Å². The van der Waals surface area contributed by atoms with E-state index in [2.05, 4.69) is 10.3 Å². The van der Waals surface area contributed by atoms with Crippen molar-refractivity contribution >= 4 is 49.9 Å². The predicted molar refractivity (Wildman–Crippen MR) is 125 cm³/mol. The molecular formula is C22H19ClF3N3O7S. The van der Waals surface area contributed by atoms with Gasteiger partial charge >= 0.3 is 12.1 Å². The summed E-state index contributed by atoms with van der Waals surface area (Å²) in [5.74, 6) is -6.03. The average molecular weight is 562 g/mol. The Morgan fingerprint density at radius 2 is 1.78 bits per heavy atom. The number of nitrogens with zero attached hydrogens (tertiary/aromatic N) is 2. The second-order valence-electron chi connectivity index (χ2n) is 8.04. The first kappa shape index (κ1) is 27.0. The Bertz CT molecular complexity index is 1480. The fourth-order valence-corrected chi connectivity index (χ4v) is 5.43. The number of hydrogen-bond acceptors (Lipinski definition) is 8. The van der Waals surface area contributed by atoms with Gasteiger partial charge in [-0.1, -0.05) is 17.7 Å². The van der Waals surface area contributed by atoms with E-state index < -0.39 is 39.1 Å². The van der Waals surface area contributed by atoms with Gasteiger partial charge in [0.15, 0.2) is 0 Å². The van der Waals surface area contributed by atoms with Gasteiger partial charge in [0.2, 0.25) is 10.0 Å². The highest BCUT2D eigenvalue weighted by Crippen LogP contribution is 2.40. The third kappa shape index (κ3) is 5.08. The summed E-state index contributed by atoms with van der Waals surface area (Å²) in [6.45, 7) is 0.416. The number of nitrogens with one attached hydrogen (secondary N) is 1. The number of anilines is 2. The van der Waals surface area contributed by atoms with E-state index >= 15 is 0 Å². The Hall–Kier alpha value is -3.01. The number of aromatic carboxylic acids is 1. The van der Waals surface area contributed by atoms with Crippen LogP contribution in [-0.2, 0) is 20.5 Å². The number of rotatable bonds is 6. The van der Waals surface area contributed by atoms with E-state index in [4.69, 9.17) is 16.3 Å². The summed E-state index contributed by atoms with van der Waals surface area (Å²) in [6.07, 6.45) is -4.44. The topological polar surface area (TPSA) is 149 Å². The molecule has 1 fully saturated rings. The van der Waals surface area contributed by atoms with Gasteiger partial charge in [0.1, 0.15) is 4.90 Å². The molecule has 4 rings (SSSR count). The number of aromatic nitrogens is 1. The molecule has 15 heteroatoms. The zero-order chi connectivity index (χ0) is 27.2. The lowest BCUT2D eigenvalue weighted by molar-refractivity contribution is -0.358. The van der Waals surface area contributed by atoms with E-state index in [-0.39, 0.29) is 53.0 Å². The van der Waals surface area contributed by atoms with E-state index in [1.54, 1.807) is 0 Å². The number of sulfonamides is 1. The van der Waals surface area contributed by atoms with Crippen molar-refractivity contribution in [2.24, 2.45) is 0 Å². The van der Waals surface area contributed by atoms with Crippen molar-refractivity contribution in [1.82, 2.24) is 9.29 Å². The van der Waals surface area contributed by atoms with Gasteiger partial charge in [0.25, 0.3) is 5.79 Å². The molecule has 10 nitrogen and oxygen atoms in total. The van der Waals surface area contributed by atoms with Crippen molar-refractivity contribution in [1.29, 1.82) is 0 Å². The fourth-order valence-electron chi connectivity index (χ4n) is 3.74. The van der Waals surface area contributed by atoms with Gasteiger partial charge in [-0.3, -0.25) is 4.98 Å². The first-order valence-corrected chi connectivity index (χ1v) is 12.4. The molecule has 0 aliphatic carbocycles. The maximum Gasteiger partial charge on any atom is 0.447 e. The second-order valence-corrected chi connectivity index (χ2v) is 10.4. The molecule has 2 heterocycles. The zero-order valence-electron chi connectivity index (χ0n) is 18.7. The minimum Gasteiger partial charge on any atom is -0.478 e. The lowest BCUT2D eigenvalue weighted by atomic mass is 10.0. The summed E-state index contributed by atoms with van der Waals surface area (Å²) < 4.78 is 72.7. The van der Waals surface area contributed by atoms with Crippen molar-refractivity contribution in [2.45, 2.75) is 16.9 Å². The van der Waals surface area contributed by atoms with Crippen LogP contribution in [0.25, 0.3) is 10.9 Å². The quantitative estimate of drug-likeness (QED) is 0.333. The molecule has 0 atom stereocenters. The molecule has 198 valence electrons. The first-order chi connectivity index (χ1) is 17.2. The summed E-state index contributed by atoms with van der Waals surface area (Å²) in [7, 11) is -4.19. The fraction of sp³-hybridized carbons (Fsp3) is 0.273. The number of hydrogen-bond donors (Lipinski definition) is 4. The Balaban J connectivity index is 1.91. The molecule has 4 N–H and O–H groups in total. The standard InChI is InChI=1S/C22H19ClF3N3O7S/c23-13-2-4-16-14(10-13)19(18(11-27-16)37(34,35)29-5-7-36-8-6-29)28-17-3-1-12(9-15(17)20(30)31)21(32,33)22(24,25)26/h1-4,9-11,32-33H,5-8H2,(H,27,28)(H,30,31). The first-order valence-electron chi connectivity index (χ1n) is 10.6. The molecule has 0 spiro atoms. The third-order valence-electron chi connectivity index (χ3n) is 5.69. The number of ether oxygens (including phenoxy) is 1. The molecule has 1 aliphatic heterocycles. The van der Waals surface area contributed by atoms with Crippen molar-refractivity contribution < 1.29 is 46.4 Å². The van der Waals surface area contributed by atoms with Gasteiger partial charge in [-0.2, -0.15) is 17.5 Å². The molecule has 1 saturated heterocycles. The number of alkyl halides is 3. The maximum absolute atomic E-state index is 13.5. The lowest BCUT2D eigenvalue weighted by Gasteiger charge is -2.27. The number of fused-ring (bicyclic) bond motifs is 1. The monoisotopic (exact) mass is 561 g/mol. The number of morpholine rings is 1. The molecule has 0 saturated carbocycles. The Morgan fingerprint density at radius 1 is 1.11 bits per heavy atom. The van der Waals surface area contributed by atoms with Gasteiger partial charge < -0.3 is 25.4 Å². The van der Waals surface area contributed by atoms with E-state index in [1.807, 2.05) is 0 Å². The summed E-state index contributed by atoms with van der Waals surface area (Å²) in [5.41, 5.74) is -2.07. The highest BCUT2D eigenvalue weighted by atomic mass is 35.5. The Morgan fingerprint density at radius 3 is 2.41 bits per heavy atom. The number of carbonyl (C=O) groups is 1. The molecular weight excluding hydrogens is 543 g/mol. The normalized spacial score (nSPS) is 15.6. The highest BCUT2D eigenvalue weighted by Gasteiger charge is 2.54. The zero-order valence-corrected chi connectivity index (χ0v) is 20.2. The summed E-state index contributed by atoms with van der Waals surface area (Å²) >= 11 is 6.12. The van der Waals surface area contributed by atoms with Crippen LogP contribution in [0.15, 0.2) is 47.5 Å². The number of carboxylic acids is 1. The van der Waals surface area contributed by atoms with Crippen LogP contribution in [0, 0.1) is 0 Å². The second kappa shape index (κ2) is 9.70. The molecule has 0 bridgehead atoms. The largest absolute Gasteiger partial charge is 0.478 e. The number of carboxylic acid groups (broad SMARTS) is 1. The minimum absolute atomic E-state index is 0.0525. The lowest BCUT2D eigenvalue weighted by Crippen LogP contribution is -2.42. The van der Waals surface area contributed by atoms with Crippen molar-refractivity contribution in [3.05, 3.63) is 58.7 Å². The Labute approximate surface area is 212 Å². The molecule has 0 amide bonds. The average Bonchev–Trinajstić information content (AvgIpc) is 2.84. The van der Waals surface area contributed by atoms with Gasteiger partial charge in [-0.25, -0.2) is 13.2 Å². The van der Waals surface area contributed by atoms with Crippen LogP contribution in [-0.4, -0.2) is 71.5 Å². The minimum atomic E-state index is -5.52. The van der Waals surface area contributed by atoms with E-state index in [0.29, 0.717) is 17.6 Å². The van der Waals surface area contributed by atoms with Gasteiger partial charge in [-0.05, 0) is 30.3 Å². The highest BCUT2D eigenvalue weighted by molar-refractivity contribution is 7.89. The molecule has 1 aliphatic rings. The van der Waals surface area contributed by atoms with Crippen LogP contribution in [0.5, 0.6) is 0 Å². The van der Waals surface area contributed by atoms with E-state index in [1.165, 1.54) is 18.2 Å². The molecule has 3 aromatic rings.